The number of hydrogen-bond donors (Lipinski definition) is 1. The number of hydrogen-bond acceptors (Lipinski definition) is 2. The van der Waals surface area contributed by atoms with E-state index < -0.39 is 0 Å². The van der Waals surface area contributed by atoms with Gasteiger partial charge in [-0.3, -0.25) is 0 Å². The largest absolute Gasteiger partial charge is 0.489 e. The average molecular weight is 212 g/mol. The van der Waals surface area contributed by atoms with Gasteiger partial charge in [0.15, 0.2) is 0 Å². The quantitative estimate of drug-likeness (QED) is 0.811. The Hall–Kier alpha value is -0.730. The molecule has 0 saturated carbocycles. The Balaban J connectivity index is 2.10. The minimum Gasteiger partial charge on any atom is -0.489 e. The van der Waals surface area contributed by atoms with E-state index in [1.807, 2.05) is 25.1 Å². The summed E-state index contributed by atoms with van der Waals surface area (Å²) in [6.45, 7) is 4.02. The highest BCUT2D eigenvalue weighted by Gasteiger charge is 2.16. The van der Waals surface area contributed by atoms with Crippen molar-refractivity contribution in [3.63, 3.8) is 0 Å². The molecule has 2 nitrogen and oxygen atoms in total. The molecule has 14 heavy (non-hydrogen) atoms. The highest BCUT2D eigenvalue weighted by molar-refractivity contribution is 6.30. The summed E-state index contributed by atoms with van der Waals surface area (Å²) in [5.41, 5.74) is 1.14. The van der Waals surface area contributed by atoms with Crippen LogP contribution in [-0.4, -0.2) is 19.2 Å². The van der Waals surface area contributed by atoms with Gasteiger partial charge in [0.1, 0.15) is 11.9 Å². The number of halogens is 1. The molecule has 1 aromatic carbocycles. The summed E-state index contributed by atoms with van der Waals surface area (Å²) in [5, 5.41) is 4.00. The van der Waals surface area contributed by atoms with E-state index >= 15 is 0 Å². The second-order valence-electron chi connectivity index (χ2n) is 3.64. The summed E-state index contributed by atoms with van der Waals surface area (Å²) in [4.78, 5) is 0. The molecule has 1 saturated heterocycles. The van der Waals surface area contributed by atoms with Crippen molar-refractivity contribution in [2.75, 3.05) is 13.1 Å². The molecule has 1 unspecified atom stereocenters. The summed E-state index contributed by atoms with van der Waals surface area (Å²) in [7, 11) is 0. The zero-order chi connectivity index (χ0) is 9.97. The van der Waals surface area contributed by atoms with Crippen LogP contribution in [0.4, 0.5) is 0 Å². The summed E-state index contributed by atoms with van der Waals surface area (Å²) >= 11 is 5.91. The number of benzene rings is 1. The Morgan fingerprint density at radius 2 is 2.36 bits per heavy atom. The molecule has 1 atom stereocenters. The molecule has 76 valence electrons. The fourth-order valence-corrected chi connectivity index (χ4v) is 1.77. The fraction of sp³-hybridized carbons (Fsp3) is 0.455. The molecule has 0 amide bonds. The van der Waals surface area contributed by atoms with E-state index in [9.17, 15) is 0 Å². The molecule has 0 spiro atoms. The first-order chi connectivity index (χ1) is 6.75. The van der Waals surface area contributed by atoms with Crippen molar-refractivity contribution in [2.45, 2.75) is 19.4 Å². The standard InChI is InChI=1S/C11H14ClNO/c1-8-2-3-9(12)6-11(8)14-10-4-5-13-7-10/h2-3,6,10,13H,4-5,7H2,1H3. The third-order valence-corrected chi connectivity index (χ3v) is 2.69. The topological polar surface area (TPSA) is 21.3 Å². The van der Waals surface area contributed by atoms with Gasteiger partial charge < -0.3 is 10.1 Å². The SMILES string of the molecule is Cc1ccc(Cl)cc1OC1CCNC1. The summed E-state index contributed by atoms with van der Waals surface area (Å²) in [6.07, 6.45) is 1.37. The van der Waals surface area contributed by atoms with Gasteiger partial charge in [0.05, 0.1) is 0 Å². The zero-order valence-corrected chi connectivity index (χ0v) is 8.97. The molecular formula is C11H14ClNO. The van der Waals surface area contributed by atoms with Crippen molar-refractivity contribution in [1.82, 2.24) is 5.32 Å². The molecular weight excluding hydrogens is 198 g/mol. The summed E-state index contributed by atoms with van der Waals surface area (Å²) < 4.78 is 5.84. The molecule has 3 heteroatoms. The maximum absolute atomic E-state index is 5.91. The van der Waals surface area contributed by atoms with Crippen molar-refractivity contribution in [2.24, 2.45) is 0 Å². The molecule has 0 bridgehead atoms. The van der Waals surface area contributed by atoms with Crippen molar-refractivity contribution < 1.29 is 4.74 Å². The highest BCUT2D eigenvalue weighted by atomic mass is 35.5. The van der Waals surface area contributed by atoms with Crippen LogP contribution in [0.3, 0.4) is 0 Å². The Morgan fingerprint density at radius 1 is 1.50 bits per heavy atom. The fourth-order valence-electron chi connectivity index (χ4n) is 1.61. The summed E-state index contributed by atoms with van der Waals surface area (Å²) in [6, 6.07) is 5.76. The van der Waals surface area contributed by atoms with Crippen LogP contribution in [0.2, 0.25) is 5.02 Å². The van der Waals surface area contributed by atoms with Gasteiger partial charge in [0, 0.05) is 11.6 Å². The maximum atomic E-state index is 5.91. The van der Waals surface area contributed by atoms with Crippen molar-refractivity contribution in [1.29, 1.82) is 0 Å². The van der Waals surface area contributed by atoms with E-state index in [1.165, 1.54) is 0 Å². The lowest BCUT2D eigenvalue weighted by Gasteiger charge is -2.14. The summed E-state index contributed by atoms with van der Waals surface area (Å²) in [5.74, 6) is 0.909. The minimum atomic E-state index is 0.298. The molecule has 1 heterocycles. The van der Waals surface area contributed by atoms with Crippen molar-refractivity contribution >= 4 is 11.6 Å². The maximum Gasteiger partial charge on any atom is 0.124 e. The average Bonchev–Trinajstić information content (AvgIpc) is 2.64. The molecule has 1 fully saturated rings. The number of nitrogens with one attached hydrogen (secondary N) is 1. The Morgan fingerprint density at radius 3 is 3.07 bits per heavy atom. The number of ether oxygens (including phenoxy) is 1. The number of aryl methyl sites for hydroxylation is 1. The van der Waals surface area contributed by atoms with Gasteiger partial charge in [-0.05, 0) is 37.6 Å². The van der Waals surface area contributed by atoms with Crippen LogP contribution in [-0.2, 0) is 0 Å². The van der Waals surface area contributed by atoms with Crippen LogP contribution in [0, 0.1) is 6.92 Å². The van der Waals surface area contributed by atoms with Crippen LogP contribution >= 0.6 is 11.6 Å². The predicted octanol–water partition coefficient (Wildman–Crippen LogP) is 2.39. The van der Waals surface area contributed by atoms with E-state index in [1.54, 1.807) is 0 Å². The Bertz CT molecular complexity index is 321. The predicted molar refractivity (Wildman–Crippen MR) is 58.1 cm³/mol. The van der Waals surface area contributed by atoms with Gasteiger partial charge in [0.25, 0.3) is 0 Å². The second kappa shape index (κ2) is 4.20. The van der Waals surface area contributed by atoms with E-state index in [0.717, 1.165) is 35.8 Å². The second-order valence-corrected chi connectivity index (χ2v) is 4.08. The molecule has 0 aromatic heterocycles. The van der Waals surface area contributed by atoms with E-state index in [0.29, 0.717) is 6.10 Å². The smallest absolute Gasteiger partial charge is 0.124 e. The normalized spacial score (nSPS) is 21.1. The van der Waals surface area contributed by atoms with Gasteiger partial charge in [-0.25, -0.2) is 0 Å². The Labute approximate surface area is 89.2 Å². The van der Waals surface area contributed by atoms with Crippen LogP contribution in [0.1, 0.15) is 12.0 Å². The molecule has 2 rings (SSSR count). The Kier molecular flexibility index (Phi) is 2.94. The lowest BCUT2D eigenvalue weighted by atomic mass is 10.2. The van der Waals surface area contributed by atoms with Gasteiger partial charge >= 0.3 is 0 Å². The van der Waals surface area contributed by atoms with Gasteiger partial charge in [-0.1, -0.05) is 17.7 Å². The van der Waals surface area contributed by atoms with Crippen LogP contribution < -0.4 is 10.1 Å². The first-order valence-electron chi connectivity index (χ1n) is 4.89. The molecule has 0 radical (unpaired) electrons. The van der Waals surface area contributed by atoms with E-state index in [4.69, 9.17) is 16.3 Å². The third-order valence-electron chi connectivity index (χ3n) is 2.46. The van der Waals surface area contributed by atoms with Gasteiger partial charge in [-0.15, -0.1) is 0 Å². The van der Waals surface area contributed by atoms with Crippen molar-refractivity contribution in [3.8, 4) is 5.75 Å². The van der Waals surface area contributed by atoms with Crippen LogP contribution in [0.15, 0.2) is 18.2 Å². The first kappa shape index (κ1) is 9.81. The molecule has 0 aliphatic carbocycles. The monoisotopic (exact) mass is 211 g/mol. The van der Waals surface area contributed by atoms with E-state index in [2.05, 4.69) is 5.32 Å². The first-order valence-corrected chi connectivity index (χ1v) is 5.27. The lowest BCUT2D eigenvalue weighted by molar-refractivity contribution is 0.221. The molecule has 1 aromatic rings. The minimum absolute atomic E-state index is 0.298. The number of rotatable bonds is 2. The molecule has 1 N–H and O–H groups in total. The molecule has 1 aliphatic rings. The lowest BCUT2D eigenvalue weighted by Crippen LogP contribution is -2.19. The highest BCUT2D eigenvalue weighted by Crippen LogP contribution is 2.24. The zero-order valence-electron chi connectivity index (χ0n) is 8.22. The van der Waals surface area contributed by atoms with Gasteiger partial charge in [0.2, 0.25) is 0 Å². The van der Waals surface area contributed by atoms with E-state index in [-0.39, 0.29) is 0 Å². The molecule has 1 aliphatic heterocycles. The van der Waals surface area contributed by atoms with Crippen LogP contribution in [0.25, 0.3) is 0 Å². The third kappa shape index (κ3) is 2.20. The van der Waals surface area contributed by atoms with Gasteiger partial charge in [-0.2, -0.15) is 0 Å². The van der Waals surface area contributed by atoms with Crippen LogP contribution in [0.5, 0.6) is 5.75 Å². The van der Waals surface area contributed by atoms with Crippen molar-refractivity contribution in [3.05, 3.63) is 28.8 Å².